The van der Waals surface area contributed by atoms with Crippen LogP contribution in [0.25, 0.3) is 0 Å². The molecule has 0 spiro atoms. The first kappa shape index (κ1) is 9.09. The fourth-order valence-electron chi connectivity index (χ4n) is 2.70. The zero-order valence-corrected chi connectivity index (χ0v) is 8.70. The van der Waals surface area contributed by atoms with Crippen molar-refractivity contribution in [1.82, 2.24) is 0 Å². The highest BCUT2D eigenvalue weighted by molar-refractivity contribution is 4.98. The smallest absolute Gasteiger partial charge is 0.0292 e. The Morgan fingerprint density at radius 1 is 1.27 bits per heavy atom. The molecule has 1 atom stereocenters. The van der Waals surface area contributed by atoms with Crippen molar-refractivity contribution in [2.75, 3.05) is 0 Å². The molecule has 0 aliphatic heterocycles. The molecule has 0 amide bonds. The molecule has 0 heterocycles. The van der Waals surface area contributed by atoms with Gasteiger partial charge in [0.25, 0.3) is 0 Å². The highest BCUT2D eigenvalue weighted by Gasteiger charge is 2.47. The van der Waals surface area contributed by atoms with Gasteiger partial charge in [0, 0.05) is 0 Å². The average molecular weight is 154 g/mol. The molecule has 0 aromatic carbocycles. The lowest BCUT2D eigenvalue weighted by Crippen LogP contribution is -2.27. The Kier molecular flexibility index (Phi) is 2.07. The van der Waals surface area contributed by atoms with Gasteiger partial charge in [-0.2, -0.15) is 0 Å². The van der Waals surface area contributed by atoms with E-state index < -0.39 is 0 Å². The number of rotatable bonds is 2. The minimum Gasteiger partial charge on any atom is -0.0651 e. The maximum atomic E-state index is 2.45. The van der Waals surface area contributed by atoms with E-state index in [0.29, 0.717) is 10.8 Å². The monoisotopic (exact) mass is 154 g/mol. The predicted molar refractivity (Wildman–Crippen MR) is 50.6 cm³/mol. The quantitative estimate of drug-likeness (QED) is 0.566. The second-order valence-corrected chi connectivity index (χ2v) is 5.48. The predicted octanol–water partition coefficient (Wildman–Crippen LogP) is 3.86. The minimum absolute atomic E-state index is 0.514. The molecule has 11 heavy (non-hydrogen) atoms. The molecule has 66 valence electrons. The first-order valence-electron chi connectivity index (χ1n) is 4.90. The Hall–Kier alpha value is 0. The summed E-state index contributed by atoms with van der Waals surface area (Å²) in [4.78, 5) is 0. The lowest BCUT2D eigenvalue weighted by molar-refractivity contribution is 0.146. The molecule has 0 aromatic rings. The van der Waals surface area contributed by atoms with Crippen LogP contribution in [-0.2, 0) is 0 Å². The van der Waals surface area contributed by atoms with Gasteiger partial charge in [-0.25, -0.2) is 0 Å². The number of hydrogen-bond donors (Lipinski definition) is 0. The topological polar surface area (TPSA) is 0 Å². The first-order valence-corrected chi connectivity index (χ1v) is 4.90. The van der Waals surface area contributed by atoms with Crippen LogP contribution in [0, 0.1) is 16.7 Å². The van der Waals surface area contributed by atoms with Gasteiger partial charge >= 0.3 is 0 Å². The van der Waals surface area contributed by atoms with Crippen LogP contribution in [0.1, 0.15) is 53.9 Å². The van der Waals surface area contributed by atoms with Gasteiger partial charge in [-0.3, -0.25) is 0 Å². The van der Waals surface area contributed by atoms with Crippen molar-refractivity contribution >= 4 is 0 Å². The Morgan fingerprint density at radius 2 is 1.73 bits per heavy atom. The third-order valence-electron chi connectivity index (χ3n) is 3.33. The fraction of sp³-hybridized carbons (Fsp3) is 1.00. The lowest BCUT2D eigenvalue weighted by atomic mass is 9.70. The largest absolute Gasteiger partial charge is 0.0651 e. The lowest BCUT2D eigenvalue weighted by Gasteiger charge is -2.35. The standard InChI is InChI=1S/C11H22/c1-6-9(10(2,3)4)11(5)7-8-11/h9H,6-8H2,1-5H3. The molecular formula is C11H22. The van der Waals surface area contributed by atoms with Gasteiger partial charge in [0.15, 0.2) is 0 Å². The molecule has 1 aliphatic carbocycles. The highest BCUT2D eigenvalue weighted by Crippen LogP contribution is 2.58. The van der Waals surface area contributed by atoms with E-state index in [1.807, 2.05) is 0 Å². The third-order valence-corrected chi connectivity index (χ3v) is 3.33. The molecule has 1 rings (SSSR count). The van der Waals surface area contributed by atoms with E-state index in [2.05, 4.69) is 34.6 Å². The van der Waals surface area contributed by atoms with E-state index in [0.717, 1.165) is 5.92 Å². The molecule has 0 heteroatoms. The van der Waals surface area contributed by atoms with Crippen LogP contribution < -0.4 is 0 Å². The van der Waals surface area contributed by atoms with Gasteiger partial charge in [0.1, 0.15) is 0 Å². The van der Waals surface area contributed by atoms with Crippen LogP contribution in [0.15, 0.2) is 0 Å². The summed E-state index contributed by atoms with van der Waals surface area (Å²) >= 11 is 0. The van der Waals surface area contributed by atoms with Gasteiger partial charge in [0.2, 0.25) is 0 Å². The van der Waals surface area contributed by atoms with Gasteiger partial charge in [-0.05, 0) is 29.6 Å². The summed E-state index contributed by atoms with van der Waals surface area (Å²) in [6, 6.07) is 0. The molecule has 1 aliphatic rings. The molecule has 0 N–H and O–H groups in total. The molecule has 0 saturated heterocycles. The molecule has 1 fully saturated rings. The SMILES string of the molecule is CCC(C(C)(C)C)C1(C)CC1. The zero-order chi connectivity index (χ0) is 8.70. The van der Waals surface area contributed by atoms with Crippen molar-refractivity contribution < 1.29 is 0 Å². The third kappa shape index (κ3) is 1.77. The molecule has 0 radical (unpaired) electrons. The van der Waals surface area contributed by atoms with E-state index >= 15 is 0 Å². The van der Waals surface area contributed by atoms with Crippen LogP contribution in [-0.4, -0.2) is 0 Å². The summed E-state index contributed by atoms with van der Waals surface area (Å²) in [5.74, 6) is 0.926. The second-order valence-electron chi connectivity index (χ2n) is 5.48. The average Bonchev–Trinajstić information content (AvgIpc) is 2.45. The van der Waals surface area contributed by atoms with Crippen LogP contribution in [0.5, 0.6) is 0 Å². The second kappa shape index (κ2) is 2.50. The molecule has 1 saturated carbocycles. The van der Waals surface area contributed by atoms with E-state index in [1.54, 1.807) is 0 Å². The zero-order valence-electron chi connectivity index (χ0n) is 8.70. The molecule has 0 aromatic heterocycles. The molecular weight excluding hydrogens is 132 g/mol. The van der Waals surface area contributed by atoms with Crippen molar-refractivity contribution in [3.8, 4) is 0 Å². The Morgan fingerprint density at radius 3 is 1.82 bits per heavy atom. The summed E-state index contributed by atoms with van der Waals surface area (Å²) in [5.41, 5.74) is 1.22. The Balaban J connectivity index is 2.64. The van der Waals surface area contributed by atoms with Gasteiger partial charge < -0.3 is 0 Å². The van der Waals surface area contributed by atoms with Crippen LogP contribution in [0.3, 0.4) is 0 Å². The van der Waals surface area contributed by atoms with Gasteiger partial charge in [-0.1, -0.05) is 41.0 Å². The summed E-state index contributed by atoms with van der Waals surface area (Å²) in [6.07, 6.45) is 4.27. The summed E-state index contributed by atoms with van der Waals surface area (Å²) < 4.78 is 0. The summed E-state index contributed by atoms with van der Waals surface area (Å²) in [7, 11) is 0. The van der Waals surface area contributed by atoms with Crippen molar-refractivity contribution in [2.45, 2.75) is 53.9 Å². The summed E-state index contributed by atoms with van der Waals surface area (Å²) in [6.45, 7) is 11.9. The Labute approximate surface area is 71.4 Å². The van der Waals surface area contributed by atoms with E-state index in [4.69, 9.17) is 0 Å². The van der Waals surface area contributed by atoms with Crippen molar-refractivity contribution in [3.05, 3.63) is 0 Å². The highest BCUT2D eigenvalue weighted by atomic mass is 14.5. The van der Waals surface area contributed by atoms with E-state index in [-0.39, 0.29) is 0 Å². The first-order chi connectivity index (χ1) is 4.90. The van der Waals surface area contributed by atoms with E-state index in [1.165, 1.54) is 19.3 Å². The van der Waals surface area contributed by atoms with Crippen molar-refractivity contribution in [3.63, 3.8) is 0 Å². The van der Waals surface area contributed by atoms with Crippen LogP contribution >= 0.6 is 0 Å². The molecule has 0 bridgehead atoms. The van der Waals surface area contributed by atoms with Gasteiger partial charge in [-0.15, -0.1) is 0 Å². The normalized spacial score (nSPS) is 24.8. The minimum atomic E-state index is 0.514. The Bertz CT molecular complexity index is 129. The van der Waals surface area contributed by atoms with Crippen molar-refractivity contribution in [2.24, 2.45) is 16.7 Å². The number of hydrogen-bond acceptors (Lipinski definition) is 0. The maximum absolute atomic E-state index is 2.45. The van der Waals surface area contributed by atoms with Crippen molar-refractivity contribution in [1.29, 1.82) is 0 Å². The fourth-order valence-corrected chi connectivity index (χ4v) is 2.70. The molecule has 1 unspecified atom stereocenters. The summed E-state index contributed by atoms with van der Waals surface area (Å²) in [5, 5.41) is 0. The van der Waals surface area contributed by atoms with Crippen LogP contribution in [0.2, 0.25) is 0 Å². The maximum Gasteiger partial charge on any atom is -0.0292 e. The molecule has 0 nitrogen and oxygen atoms in total. The van der Waals surface area contributed by atoms with Gasteiger partial charge in [0.05, 0.1) is 0 Å². The van der Waals surface area contributed by atoms with Crippen LogP contribution in [0.4, 0.5) is 0 Å². The van der Waals surface area contributed by atoms with E-state index in [9.17, 15) is 0 Å².